The fraction of sp³-hybridized carbons (Fsp3) is 0.190. The molecule has 30 heavy (non-hydrogen) atoms. The summed E-state index contributed by atoms with van der Waals surface area (Å²) in [6.45, 7) is 1.62. The highest BCUT2D eigenvalue weighted by Gasteiger charge is 2.14. The second kappa shape index (κ2) is 10.5. The van der Waals surface area contributed by atoms with Gasteiger partial charge in [0.25, 0.3) is 0 Å². The molecule has 2 amide bonds. The SMILES string of the molecule is CC(=O)Nc1ccc(C(=O)OCC(=O)COC(=O)c2ccc(NC(C)=O)cc2)cc1. The van der Waals surface area contributed by atoms with Crippen LogP contribution in [-0.2, 0) is 23.9 Å². The van der Waals surface area contributed by atoms with Crippen molar-refractivity contribution in [3.05, 3.63) is 59.7 Å². The summed E-state index contributed by atoms with van der Waals surface area (Å²) in [6, 6.07) is 11.9. The summed E-state index contributed by atoms with van der Waals surface area (Å²) < 4.78 is 9.79. The van der Waals surface area contributed by atoms with Crippen molar-refractivity contribution in [3.63, 3.8) is 0 Å². The number of ether oxygens (including phenoxy) is 2. The van der Waals surface area contributed by atoms with Crippen LogP contribution in [-0.4, -0.2) is 42.7 Å². The fourth-order valence-electron chi connectivity index (χ4n) is 2.29. The molecule has 0 radical (unpaired) electrons. The first-order valence-corrected chi connectivity index (χ1v) is 8.86. The van der Waals surface area contributed by atoms with Gasteiger partial charge in [0.2, 0.25) is 17.6 Å². The largest absolute Gasteiger partial charge is 0.454 e. The molecule has 0 heterocycles. The summed E-state index contributed by atoms with van der Waals surface area (Å²) in [5, 5.41) is 5.12. The van der Waals surface area contributed by atoms with Gasteiger partial charge in [0.1, 0.15) is 0 Å². The third-order valence-electron chi connectivity index (χ3n) is 3.61. The van der Waals surface area contributed by atoms with Crippen molar-refractivity contribution < 1.29 is 33.4 Å². The number of nitrogens with one attached hydrogen (secondary N) is 2. The second-order valence-electron chi connectivity index (χ2n) is 6.21. The lowest BCUT2D eigenvalue weighted by atomic mass is 10.2. The van der Waals surface area contributed by atoms with Gasteiger partial charge in [-0.15, -0.1) is 0 Å². The average Bonchev–Trinajstić information content (AvgIpc) is 2.70. The molecule has 0 atom stereocenters. The third kappa shape index (κ3) is 7.19. The van der Waals surface area contributed by atoms with Gasteiger partial charge in [-0.1, -0.05) is 0 Å². The lowest BCUT2D eigenvalue weighted by molar-refractivity contribution is -0.125. The molecule has 2 rings (SSSR count). The van der Waals surface area contributed by atoms with E-state index in [1.165, 1.54) is 62.4 Å². The number of amides is 2. The summed E-state index contributed by atoms with van der Waals surface area (Å²) in [4.78, 5) is 57.7. The van der Waals surface area contributed by atoms with Crippen molar-refractivity contribution in [1.82, 2.24) is 0 Å². The Hall–Kier alpha value is -4.01. The van der Waals surface area contributed by atoms with Gasteiger partial charge in [-0.2, -0.15) is 0 Å². The lowest BCUT2D eigenvalue weighted by Crippen LogP contribution is -2.20. The van der Waals surface area contributed by atoms with Crippen LogP contribution in [0.4, 0.5) is 11.4 Å². The first-order chi connectivity index (χ1) is 14.2. The summed E-state index contributed by atoms with van der Waals surface area (Å²) in [6.07, 6.45) is 0. The zero-order chi connectivity index (χ0) is 22.1. The molecule has 9 nitrogen and oxygen atoms in total. The Labute approximate surface area is 172 Å². The minimum Gasteiger partial charge on any atom is -0.454 e. The van der Waals surface area contributed by atoms with Crippen LogP contribution in [0.3, 0.4) is 0 Å². The van der Waals surface area contributed by atoms with Crippen molar-refractivity contribution in [1.29, 1.82) is 0 Å². The molecule has 2 aromatic rings. The summed E-state index contributed by atoms with van der Waals surface area (Å²) in [5.41, 5.74) is 1.45. The second-order valence-corrected chi connectivity index (χ2v) is 6.21. The number of Topliss-reactive ketones (excluding diaryl/α,β-unsaturated/α-hetero) is 1. The minimum absolute atomic E-state index is 0.202. The van der Waals surface area contributed by atoms with Crippen LogP contribution in [0.25, 0.3) is 0 Å². The molecule has 2 N–H and O–H groups in total. The summed E-state index contributed by atoms with van der Waals surface area (Å²) in [5.74, 6) is -2.53. The van der Waals surface area contributed by atoms with Crippen LogP contribution in [0.2, 0.25) is 0 Å². The number of carbonyl (C=O) groups excluding carboxylic acids is 5. The van der Waals surface area contributed by atoms with Crippen molar-refractivity contribution in [2.24, 2.45) is 0 Å². The van der Waals surface area contributed by atoms with E-state index in [1.807, 2.05) is 0 Å². The molecule has 156 valence electrons. The molecule has 0 aliphatic carbocycles. The maximum Gasteiger partial charge on any atom is 0.338 e. The van der Waals surface area contributed by atoms with Crippen molar-refractivity contribution in [2.75, 3.05) is 23.8 Å². The van der Waals surface area contributed by atoms with Crippen LogP contribution in [0.1, 0.15) is 34.6 Å². The number of hydrogen-bond acceptors (Lipinski definition) is 7. The van der Waals surface area contributed by atoms with Crippen molar-refractivity contribution in [2.45, 2.75) is 13.8 Å². The Bertz CT molecular complexity index is 873. The van der Waals surface area contributed by atoms with Crippen LogP contribution in [0.15, 0.2) is 48.5 Å². The Morgan fingerprint density at radius 3 is 1.27 bits per heavy atom. The number of carbonyl (C=O) groups is 5. The average molecular weight is 412 g/mol. The van der Waals surface area contributed by atoms with E-state index in [4.69, 9.17) is 9.47 Å². The first-order valence-electron chi connectivity index (χ1n) is 8.86. The van der Waals surface area contributed by atoms with Gasteiger partial charge in [-0.3, -0.25) is 14.4 Å². The summed E-state index contributed by atoms with van der Waals surface area (Å²) >= 11 is 0. The number of ketones is 1. The molecule has 0 fully saturated rings. The maximum absolute atomic E-state index is 12.0. The highest BCUT2D eigenvalue weighted by molar-refractivity contribution is 5.95. The highest BCUT2D eigenvalue weighted by atomic mass is 16.6. The van der Waals surface area contributed by atoms with E-state index in [-0.39, 0.29) is 22.9 Å². The Morgan fingerprint density at radius 1 is 0.633 bits per heavy atom. The number of rotatable bonds is 8. The molecule has 0 saturated carbocycles. The molecule has 0 unspecified atom stereocenters. The molecule has 0 aliphatic heterocycles. The van der Waals surface area contributed by atoms with E-state index in [1.54, 1.807) is 0 Å². The van der Waals surface area contributed by atoms with Crippen LogP contribution < -0.4 is 10.6 Å². The zero-order valence-corrected chi connectivity index (χ0v) is 16.4. The van der Waals surface area contributed by atoms with Crippen LogP contribution in [0, 0.1) is 0 Å². The molecule has 0 aliphatic rings. The van der Waals surface area contributed by atoms with E-state index in [9.17, 15) is 24.0 Å². The van der Waals surface area contributed by atoms with Gasteiger partial charge in [-0.25, -0.2) is 9.59 Å². The number of hydrogen-bond donors (Lipinski definition) is 2. The van der Waals surface area contributed by atoms with Gasteiger partial charge in [0, 0.05) is 25.2 Å². The zero-order valence-electron chi connectivity index (χ0n) is 16.4. The van der Waals surface area contributed by atoms with Gasteiger partial charge >= 0.3 is 11.9 Å². The molecular weight excluding hydrogens is 392 g/mol. The van der Waals surface area contributed by atoms with Crippen molar-refractivity contribution in [3.8, 4) is 0 Å². The van der Waals surface area contributed by atoms with E-state index in [0.29, 0.717) is 11.4 Å². The fourth-order valence-corrected chi connectivity index (χ4v) is 2.29. The first kappa shape index (κ1) is 22.3. The van der Waals surface area contributed by atoms with Gasteiger partial charge < -0.3 is 20.1 Å². The highest BCUT2D eigenvalue weighted by Crippen LogP contribution is 2.12. The van der Waals surface area contributed by atoms with E-state index < -0.39 is 30.9 Å². The smallest absolute Gasteiger partial charge is 0.338 e. The quantitative estimate of drug-likeness (QED) is 0.636. The predicted octanol–water partition coefficient (Wildman–Crippen LogP) is 2.19. The molecule has 0 saturated heterocycles. The lowest BCUT2D eigenvalue weighted by Gasteiger charge is -2.07. The molecule has 0 spiro atoms. The monoisotopic (exact) mass is 412 g/mol. The van der Waals surface area contributed by atoms with Crippen LogP contribution in [0.5, 0.6) is 0 Å². The standard InChI is InChI=1S/C21H20N2O7/c1-13(24)22-17-7-3-15(4-8-17)20(27)29-11-19(26)12-30-21(28)16-5-9-18(10-6-16)23-14(2)25/h3-10H,11-12H2,1-2H3,(H,22,24)(H,23,25). The van der Waals surface area contributed by atoms with E-state index in [0.717, 1.165) is 0 Å². The molecular formula is C21H20N2O7. The topological polar surface area (TPSA) is 128 Å². The number of benzene rings is 2. The molecule has 0 aromatic heterocycles. The van der Waals surface area contributed by atoms with Crippen molar-refractivity contribution >= 4 is 40.9 Å². The van der Waals surface area contributed by atoms with Gasteiger partial charge in [0.15, 0.2) is 13.2 Å². The molecule has 9 heteroatoms. The normalized spacial score (nSPS) is 9.93. The Morgan fingerprint density at radius 2 is 0.967 bits per heavy atom. The molecule has 2 aromatic carbocycles. The minimum atomic E-state index is -0.724. The maximum atomic E-state index is 12.0. The number of esters is 2. The Balaban J connectivity index is 1.77. The summed E-state index contributed by atoms with van der Waals surface area (Å²) in [7, 11) is 0. The Kier molecular flexibility index (Phi) is 7.81. The van der Waals surface area contributed by atoms with E-state index >= 15 is 0 Å². The number of anilines is 2. The third-order valence-corrected chi connectivity index (χ3v) is 3.61. The van der Waals surface area contributed by atoms with E-state index in [2.05, 4.69) is 10.6 Å². The van der Waals surface area contributed by atoms with Gasteiger partial charge in [-0.05, 0) is 48.5 Å². The predicted molar refractivity (Wildman–Crippen MR) is 107 cm³/mol. The van der Waals surface area contributed by atoms with Crippen LogP contribution >= 0.6 is 0 Å². The van der Waals surface area contributed by atoms with Gasteiger partial charge in [0.05, 0.1) is 11.1 Å². The molecule has 0 bridgehead atoms.